The topological polar surface area (TPSA) is 42.7 Å². The van der Waals surface area contributed by atoms with Crippen molar-refractivity contribution >= 4 is 0 Å². The van der Waals surface area contributed by atoms with Crippen LogP contribution in [0.15, 0.2) is 6.33 Å². The van der Waals surface area contributed by atoms with Crippen LogP contribution in [-0.4, -0.2) is 33.5 Å². The molecule has 1 N–H and O–H groups in total. The second-order valence-corrected chi connectivity index (χ2v) is 4.35. The van der Waals surface area contributed by atoms with Gasteiger partial charge in [0, 0.05) is 19.5 Å². The minimum Gasteiger partial charge on any atom is -0.313 e. The van der Waals surface area contributed by atoms with Gasteiger partial charge in [-0.25, -0.2) is 4.98 Å². The number of nitrogens with zero attached hydrogens (tertiary/aromatic N) is 3. The summed E-state index contributed by atoms with van der Waals surface area (Å²) in [4.78, 5) is 3.97. The monoisotopic (exact) mass is 248 g/mol. The molecule has 0 amide bonds. The van der Waals surface area contributed by atoms with Gasteiger partial charge < -0.3 is 5.32 Å². The number of hydrogen-bond acceptors (Lipinski definition) is 3. The molecule has 2 unspecified atom stereocenters. The standard InChI is InChI=1S/C10H15F3N4/c1-17-9(15-6-16-17)5-8-7(10(11,12)13)3-2-4-14-8/h6-8,14H,2-5H2,1H3. The van der Waals surface area contributed by atoms with E-state index in [-0.39, 0.29) is 12.8 Å². The molecule has 0 aliphatic carbocycles. The Kier molecular flexibility index (Phi) is 3.37. The molecular formula is C10H15F3N4. The first kappa shape index (κ1) is 12.3. The van der Waals surface area contributed by atoms with Crippen LogP contribution in [0, 0.1) is 5.92 Å². The largest absolute Gasteiger partial charge is 0.393 e. The summed E-state index contributed by atoms with van der Waals surface area (Å²) < 4.78 is 40.0. The Morgan fingerprint density at radius 3 is 2.88 bits per heavy atom. The lowest BCUT2D eigenvalue weighted by Gasteiger charge is -2.33. The summed E-state index contributed by atoms with van der Waals surface area (Å²) in [6, 6.07) is -0.591. The molecule has 2 atom stereocenters. The lowest BCUT2D eigenvalue weighted by Crippen LogP contribution is -2.49. The van der Waals surface area contributed by atoms with E-state index in [1.807, 2.05) is 0 Å². The summed E-state index contributed by atoms with van der Waals surface area (Å²) in [6.45, 7) is 0.634. The second-order valence-electron chi connectivity index (χ2n) is 4.35. The average Bonchev–Trinajstić information content (AvgIpc) is 2.64. The molecule has 17 heavy (non-hydrogen) atoms. The minimum atomic E-state index is -4.14. The zero-order valence-electron chi connectivity index (χ0n) is 9.54. The molecule has 96 valence electrons. The number of nitrogens with one attached hydrogen (secondary N) is 1. The van der Waals surface area contributed by atoms with E-state index in [4.69, 9.17) is 0 Å². The van der Waals surface area contributed by atoms with Crippen molar-refractivity contribution < 1.29 is 13.2 Å². The van der Waals surface area contributed by atoms with Crippen molar-refractivity contribution in [3.63, 3.8) is 0 Å². The van der Waals surface area contributed by atoms with Crippen molar-refractivity contribution in [2.24, 2.45) is 13.0 Å². The van der Waals surface area contributed by atoms with Crippen LogP contribution in [0.3, 0.4) is 0 Å². The van der Waals surface area contributed by atoms with E-state index in [1.54, 1.807) is 7.05 Å². The highest BCUT2D eigenvalue weighted by Crippen LogP contribution is 2.35. The number of piperidine rings is 1. The molecule has 2 heterocycles. The van der Waals surface area contributed by atoms with Crippen LogP contribution in [0.5, 0.6) is 0 Å². The van der Waals surface area contributed by atoms with Crippen LogP contribution in [-0.2, 0) is 13.5 Å². The molecule has 0 bridgehead atoms. The fourth-order valence-electron chi connectivity index (χ4n) is 2.26. The van der Waals surface area contributed by atoms with Crippen molar-refractivity contribution in [2.45, 2.75) is 31.5 Å². The number of rotatable bonds is 2. The molecule has 0 saturated carbocycles. The van der Waals surface area contributed by atoms with Gasteiger partial charge >= 0.3 is 6.18 Å². The minimum absolute atomic E-state index is 0.193. The van der Waals surface area contributed by atoms with Gasteiger partial charge in [-0.05, 0) is 19.4 Å². The van der Waals surface area contributed by atoms with Crippen molar-refractivity contribution in [1.82, 2.24) is 20.1 Å². The van der Waals surface area contributed by atoms with Gasteiger partial charge in [0.25, 0.3) is 0 Å². The van der Waals surface area contributed by atoms with Gasteiger partial charge in [0.15, 0.2) is 0 Å². The first-order chi connectivity index (χ1) is 7.98. The summed E-state index contributed by atoms with van der Waals surface area (Å²) in [5.41, 5.74) is 0. The van der Waals surface area contributed by atoms with Gasteiger partial charge in [0.1, 0.15) is 12.2 Å². The number of halogens is 3. The molecule has 1 aromatic heterocycles. The number of aromatic nitrogens is 3. The summed E-state index contributed by atoms with van der Waals surface area (Å²) in [5.74, 6) is -0.702. The van der Waals surface area contributed by atoms with E-state index in [0.717, 1.165) is 0 Å². The predicted octanol–water partition coefficient (Wildman–Crippen LogP) is 1.29. The normalized spacial score (nSPS) is 26.1. The average molecular weight is 248 g/mol. The van der Waals surface area contributed by atoms with E-state index >= 15 is 0 Å². The van der Waals surface area contributed by atoms with Crippen molar-refractivity contribution in [2.75, 3.05) is 6.54 Å². The highest BCUT2D eigenvalue weighted by Gasteiger charge is 2.45. The van der Waals surface area contributed by atoms with E-state index in [1.165, 1.54) is 11.0 Å². The third kappa shape index (κ3) is 2.77. The van der Waals surface area contributed by atoms with Crippen LogP contribution in [0.2, 0.25) is 0 Å². The molecule has 1 aromatic rings. The Labute approximate surface area is 97.2 Å². The summed E-state index contributed by atoms with van der Waals surface area (Å²) in [7, 11) is 1.69. The fourth-order valence-corrected chi connectivity index (χ4v) is 2.26. The summed E-state index contributed by atoms with van der Waals surface area (Å²) in [6.07, 6.45) is -1.75. The quantitative estimate of drug-likeness (QED) is 0.857. The Bertz CT molecular complexity index is 374. The summed E-state index contributed by atoms with van der Waals surface area (Å²) >= 11 is 0. The molecular weight excluding hydrogens is 233 g/mol. The van der Waals surface area contributed by atoms with E-state index in [0.29, 0.717) is 18.8 Å². The van der Waals surface area contributed by atoms with Gasteiger partial charge in [-0.3, -0.25) is 4.68 Å². The van der Waals surface area contributed by atoms with Crippen LogP contribution >= 0.6 is 0 Å². The molecule has 0 aromatic carbocycles. The van der Waals surface area contributed by atoms with Crippen molar-refractivity contribution in [3.05, 3.63) is 12.2 Å². The maximum atomic E-state index is 12.8. The molecule has 7 heteroatoms. The Balaban J connectivity index is 2.10. The molecule has 2 rings (SSSR count). The first-order valence-corrected chi connectivity index (χ1v) is 5.61. The molecule has 0 radical (unpaired) electrons. The van der Waals surface area contributed by atoms with Crippen LogP contribution in [0.25, 0.3) is 0 Å². The van der Waals surface area contributed by atoms with Gasteiger partial charge in [-0.1, -0.05) is 0 Å². The van der Waals surface area contributed by atoms with E-state index in [2.05, 4.69) is 15.4 Å². The molecule has 1 aliphatic heterocycles. The van der Waals surface area contributed by atoms with Gasteiger partial charge in [0.2, 0.25) is 0 Å². The zero-order chi connectivity index (χ0) is 12.5. The Morgan fingerprint density at radius 2 is 2.29 bits per heavy atom. The van der Waals surface area contributed by atoms with Gasteiger partial charge in [-0.2, -0.15) is 18.3 Å². The first-order valence-electron chi connectivity index (χ1n) is 5.61. The highest BCUT2D eigenvalue weighted by molar-refractivity contribution is 4.95. The third-order valence-corrected chi connectivity index (χ3v) is 3.21. The lowest BCUT2D eigenvalue weighted by molar-refractivity contribution is -0.188. The van der Waals surface area contributed by atoms with E-state index in [9.17, 15) is 13.2 Å². The maximum Gasteiger partial charge on any atom is 0.393 e. The van der Waals surface area contributed by atoms with Crippen LogP contribution in [0.1, 0.15) is 18.7 Å². The number of aryl methyl sites for hydroxylation is 1. The molecule has 1 fully saturated rings. The molecule has 1 saturated heterocycles. The lowest BCUT2D eigenvalue weighted by atomic mass is 9.88. The fraction of sp³-hybridized carbons (Fsp3) is 0.800. The smallest absolute Gasteiger partial charge is 0.313 e. The maximum absolute atomic E-state index is 12.8. The SMILES string of the molecule is Cn1ncnc1CC1NCCCC1C(F)(F)F. The highest BCUT2D eigenvalue weighted by atomic mass is 19.4. The van der Waals surface area contributed by atoms with Crippen molar-refractivity contribution in [1.29, 1.82) is 0 Å². The molecule has 4 nitrogen and oxygen atoms in total. The molecule has 1 aliphatic rings. The second kappa shape index (κ2) is 4.64. The molecule has 0 spiro atoms. The third-order valence-electron chi connectivity index (χ3n) is 3.21. The van der Waals surface area contributed by atoms with E-state index < -0.39 is 18.1 Å². The van der Waals surface area contributed by atoms with Crippen LogP contribution < -0.4 is 5.32 Å². The summed E-state index contributed by atoms with van der Waals surface area (Å²) in [5, 5.41) is 6.81. The van der Waals surface area contributed by atoms with Gasteiger partial charge in [-0.15, -0.1) is 0 Å². The predicted molar refractivity (Wildman–Crippen MR) is 55.3 cm³/mol. The van der Waals surface area contributed by atoms with Gasteiger partial charge in [0.05, 0.1) is 5.92 Å². The zero-order valence-corrected chi connectivity index (χ0v) is 9.54. The number of alkyl halides is 3. The van der Waals surface area contributed by atoms with Crippen LogP contribution in [0.4, 0.5) is 13.2 Å². The Hall–Kier alpha value is -1.11. The Morgan fingerprint density at radius 1 is 1.53 bits per heavy atom. The number of hydrogen-bond donors (Lipinski definition) is 1. The van der Waals surface area contributed by atoms with Crippen molar-refractivity contribution in [3.8, 4) is 0 Å².